The quantitative estimate of drug-likeness (QED) is 0.707. The number of fused-ring (bicyclic) bond motifs is 1. The Labute approximate surface area is 118 Å². The van der Waals surface area contributed by atoms with Crippen LogP contribution in [0.3, 0.4) is 0 Å². The smallest absolute Gasteiger partial charge is 0.114 e. The van der Waals surface area contributed by atoms with Crippen LogP contribution in [0.1, 0.15) is 24.5 Å². The fraction of sp³-hybridized carbons (Fsp3) is 0.235. The van der Waals surface area contributed by atoms with Gasteiger partial charge in [0.15, 0.2) is 0 Å². The lowest BCUT2D eigenvalue weighted by atomic mass is 10.1. The molecule has 3 nitrogen and oxygen atoms in total. The van der Waals surface area contributed by atoms with Gasteiger partial charge in [0.25, 0.3) is 0 Å². The SMILES string of the molecule is CCCOn1cc(Cc2ccncc2)c2ccccc21. The van der Waals surface area contributed by atoms with E-state index in [1.165, 1.54) is 16.5 Å². The normalized spacial score (nSPS) is 10.8. The Balaban J connectivity index is 1.98. The highest BCUT2D eigenvalue weighted by Crippen LogP contribution is 2.22. The molecule has 3 rings (SSSR count). The van der Waals surface area contributed by atoms with Crippen molar-refractivity contribution in [3.8, 4) is 0 Å². The summed E-state index contributed by atoms with van der Waals surface area (Å²) >= 11 is 0. The minimum Gasteiger partial charge on any atom is -0.414 e. The van der Waals surface area contributed by atoms with Crippen LogP contribution in [-0.2, 0) is 6.42 Å². The van der Waals surface area contributed by atoms with Gasteiger partial charge in [0.2, 0.25) is 0 Å². The van der Waals surface area contributed by atoms with Crippen molar-refractivity contribution in [1.82, 2.24) is 9.71 Å². The van der Waals surface area contributed by atoms with E-state index in [4.69, 9.17) is 4.84 Å². The average molecular weight is 266 g/mol. The lowest BCUT2D eigenvalue weighted by molar-refractivity contribution is 0.120. The van der Waals surface area contributed by atoms with Crippen molar-refractivity contribution >= 4 is 10.9 Å². The van der Waals surface area contributed by atoms with Crippen molar-refractivity contribution in [2.75, 3.05) is 6.61 Å². The van der Waals surface area contributed by atoms with Crippen molar-refractivity contribution in [2.45, 2.75) is 19.8 Å². The summed E-state index contributed by atoms with van der Waals surface area (Å²) in [7, 11) is 0. The maximum absolute atomic E-state index is 5.79. The molecule has 2 heterocycles. The first-order chi connectivity index (χ1) is 9.88. The largest absolute Gasteiger partial charge is 0.414 e. The fourth-order valence-corrected chi connectivity index (χ4v) is 2.38. The van der Waals surface area contributed by atoms with E-state index in [1.807, 2.05) is 23.2 Å². The van der Waals surface area contributed by atoms with Crippen molar-refractivity contribution < 1.29 is 4.84 Å². The molecule has 102 valence electrons. The van der Waals surface area contributed by atoms with Crippen molar-refractivity contribution in [2.24, 2.45) is 0 Å². The summed E-state index contributed by atoms with van der Waals surface area (Å²) in [5, 5.41) is 1.25. The van der Waals surface area contributed by atoms with Gasteiger partial charge in [0.05, 0.1) is 5.52 Å². The van der Waals surface area contributed by atoms with E-state index < -0.39 is 0 Å². The molecule has 0 atom stereocenters. The molecule has 0 saturated heterocycles. The molecule has 3 heteroatoms. The van der Waals surface area contributed by atoms with Gasteiger partial charge >= 0.3 is 0 Å². The van der Waals surface area contributed by atoms with Crippen molar-refractivity contribution in [1.29, 1.82) is 0 Å². The van der Waals surface area contributed by atoms with Gasteiger partial charge in [-0.1, -0.05) is 25.1 Å². The molecule has 0 N–H and O–H groups in total. The fourth-order valence-electron chi connectivity index (χ4n) is 2.38. The van der Waals surface area contributed by atoms with Gasteiger partial charge in [-0.2, -0.15) is 4.73 Å². The molecule has 0 spiro atoms. The van der Waals surface area contributed by atoms with Crippen LogP contribution in [0.2, 0.25) is 0 Å². The second kappa shape index (κ2) is 5.78. The summed E-state index contributed by atoms with van der Waals surface area (Å²) in [6.45, 7) is 2.84. The third kappa shape index (κ3) is 2.52. The number of hydrogen-bond donors (Lipinski definition) is 0. The Morgan fingerprint density at radius 1 is 1.10 bits per heavy atom. The van der Waals surface area contributed by atoms with Crippen LogP contribution in [0, 0.1) is 0 Å². The van der Waals surface area contributed by atoms with Gasteiger partial charge in [-0.15, -0.1) is 0 Å². The molecule has 0 radical (unpaired) electrons. The number of pyridine rings is 1. The summed E-state index contributed by atoms with van der Waals surface area (Å²) in [6, 6.07) is 12.5. The molecule has 0 amide bonds. The van der Waals surface area contributed by atoms with E-state index in [2.05, 4.69) is 48.4 Å². The molecular weight excluding hydrogens is 248 g/mol. The van der Waals surface area contributed by atoms with Crippen LogP contribution >= 0.6 is 0 Å². The van der Waals surface area contributed by atoms with Crippen LogP contribution in [0.25, 0.3) is 10.9 Å². The molecule has 2 aromatic heterocycles. The van der Waals surface area contributed by atoms with Gasteiger partial charge in [0.1, 0.15) is 6.61 Å². The van der Waals surface area contributed by atoms with Gasteiger partial charge in [-0.05, 0) is 42.2 Å². The Hall–Kier alpha value is -2.29. The Kier molecular flexibility index (Phi) is 3.68. The van der Waals surface area contributed by atoms with E-state index in [9.17, 15) is 0 Å². The minimum atomic E-state index is 0.730. The highest BCUT2D eigenvalue weighted by atomic mass is 16.7. The third-order valence-corrected chi connectivity index (χ3v) is 3.34. The van der Waals surface area contributed by atoms with Crippen molar-refractivity contribution in [3.63, 3.8) is 0 Å². The third-order valence-electron chi connectivity index (χ3n) is 3.34. The molecule has 0 aliphatic rings. The zero-order valence-electron chi connectivity index (χ0n) is 11.6. The number of nitrogens with zero attached hydrogens (tertiary/aromatic N) is 2. The Bertz CT molecular complexity index is 689. The number of rotatable bonds is 5. The summed E-state index contributed by atoms with van der Waals surface area (Å²) in [5.74, 6) is 0. The van der Waals surface area contributed by atoms with Crippen LogP contribution in [-0.4, -0.2) is 16.3 Å². The molecule has 0 saturated carbocycles. The number of hydrogen-bond acceptors (Lipinski definition) is 2. The standard InChI is InChI=1S/C17H18N2O/c1-2-11-20-19-13-15(12-14-7-9-18-10-8-14)16-5-3-4-6-17(16)19/h3-10,13H,2,11-12H2,1H3. The lowest BCUT2D eigenvalue weighted by Gasteiger charge is -2.05. The van der Waals surface area contributed by atoms with Gasteiger partial charge in [-0.3, -0.25) is 4.98 Å². The predicted octanol–water partition coefficient (Wildman–Crippen LogP) is 3.47. The zero-order valence-corrected chi connectivity index (χ0v) is 11.6. The topological polar surface area (TPSA) is 27.1 Å². The monoisotopic (exact) mass is 266 g/mol. The summed E-state index contributed by atoms with van der Waals surface area (Å²) in [4.78, 5) is 9.86. The molecule has 3 aromatic rings. The molecule has 0 aliphatic heterocycles. The molecule has 0 aliphatic carbocycles. The maximum atomic E-state index is 5.79. The second-order valence-corrected chi connectivity index (χ2v) is 4.86. The molecular formula is C17H18N2O. The van der Waals surface area contributed by atoms with Crippen LogP contribution in [0.4, 0.5) is 0 Å². The number of aromatic nitrogens is 2. The van der Waals surface area contributed by atoms with E-state index in [0.29, 0.717) is 0 Å². The average Bonchev–Trinajstić information content (AvgIpc) is 2.85. The van der Waals surface area contributed by atoms with Crippen molar-refractivity contribution in [3.05, 3.63) is 66.1 Å². The lowest BCUT2D eigenvalue weighted by Crippen LogP contribution is -2.10. The molecule has 0 fully saturated rings. The van der Waals surface area contributed by atoms with E-state index >= 15 is 0 Å². The number of para-hydroxylation sites is 1. The maximum Gasteiger partial charge on any atom is 0.114 e. The minimum absolute atomic E-state index is 0.730. The Morgan fingerprint density at radius 3 is 2.70 bits per heavy atom. The van der Waals surface area contributed by atoms with Gasteiger partial charge < -0.3 is 4.84 Å². The summed E-state index contributed by atoms with van der Waals surface area (Å²) < 4.78 is 1.90. The van der Waals surface area contributed by atoms with Crippen LogP contribution in [0.5, 0.6) is 0 Å². The van der Waals surface area contributed by atoms with Gasteiger partial charge in [0, 0.05) is 24.0 Å². The number of benzene rings is 1. The van der Waals surface area contributed by atoms with E-state index in [1.54, 1.807) is 0 Å². The van der Waals surface area contributed by atoms with Crippen LogP contribution < -0.4 is 4.84 Å². The zero-order chi connectivity index (χ0) is 13.8. The van der Waals surface area contributed by atoms with E-state index in [0.717, 1.165) is 25.0 Å². The second-order valence-electron chi connectivity index (χ2n) is 4.86. The molecule has 20 heavy (non-hydrogen) atoms. The molecule has 1 aromatic carbocycles. The first-order valence-corrected chi connectivity index (χ1v) is 6.99. The first kappa shape index (κ1) is 12.7. The van der Waals surface area contributed by atoms with Crippen LogP contribution in [0.15, 0.2) is 55.0 Å². The van der Waals surface area contributed by atoms with E-state index in [-0.39, 0.29) is 0 Å². The Morgan fingerprint density at radius 2 is 1.90 bits per heavy atom. The highest BCUT2D eigenvalue weighted by Gasteiger charge is 2.09. The summed E-state index contributed by atoms with van der Waals surface area (Å²) in [6.07, 6.45) is 7.67. The summed E-state index contributed by atoms with van der Waals surface area (Å²) in [5.41, 5.74) is 3.67. The highest BCUT2D eigenvalue weighted by molar-refractivity contribution is 5.84. The predicted molar refractivity (Wildman–Crippen MR) is 80.7 cm³/mol. The molecule has 0 bridgehead atoms. The van der Waals surface area contributed by atoms with Gasteiger partial charge in [-0.25, -0.2) is 0 Å². The first-order valence-electron chi connectivity index (χ1n) is 6.99. The molecule has 0 unspecified atom stereocenters.